The number of azo groups is 1. The van der Waals surface area contributed by atoms with E-state index < -0.39 is 0 Å². The minimum absolute atomic E-state index is 0.0423. The molecule has 1 aliphatic rings. The number of aromatic hydroxyl groups is 1. The maximum Gasteiger partial charge on any atom is 0.299 e. The Hall–Kier alpha value is -3.13. The topological polar surface area (TPSA) is 102 Å². The van der Waals surface area contributed by atoms with Gasteiger partial charge in [0.25, 0.3) is 5.24 Å². The van der Waals surface area contributed by atoms with Crippen LogP contribution < -0.4 is 5.43 Å². The van der Waals surface area contributed by atoms with Crippen molar-refractivity contribution in [2.75, 3.05) is 0 Å². The minimum atomic E-state index is -0.167. The minimum Gasteiger partial charge on any atom is -0.493 e. The van der Waals surface area contributed by atoms with Crippen LogP contribution in [0.3, 0.4) is 0 Å². The molecule has 2 aromatic carbocycles. The summed E-state index contributed by atoms with van der Waals surface area (Å²) in [6.07, 6.45) is 0. The lowest BCUT2D eigenvalue weighted by molar-refractivity contribution is 0.261. The van der Waals surface area contributed by atoms with Crippen molar-refractivity contribution in [3.8, 4) is 5.88 Å². The van der Waals surface area contributed by atoms with Gasteiger partial charge in [0.15, 0.2) is 5.69 Å². The van der Waals surface area contributed by atoms with Gasteiger partial charge in [-0.15, -0.1) is 5.11 Å². The number of hydrazone groups is 1. The molecule has 3 N–H and O–H groups in total. The molecule has 7 nitrogen and oxygen atoms in total. The van der Waals surface area contributed by atoms with Crippen LogP contribution in [0.4, 0.5) is 16.2 Å². The first-order chi connectivity index (χ1) is 13.0. The van der Waals surface area contributed by atoms with Crippen molar-refractivity contribution in [3.05, 3.63) is 53.6 Å². The summed E-state index contributed by atoms with van der Waals surface area (Å²) < 4.78 is 0. The van der Waals surface area contributed by atoms with E-state index in [0.717, 1.165) is 27.7 Å². The molecule has 0 saturated heterocycles. The fourth-order valence-electron chi connectivity index (χ4n) is 2.88. The first kappa shape index (κ1) is 17.3. The average Bonchev–Trinajstić information content (AvgIpc) is 2.96. The number of nitrogens with one attached hydrogen (secondary N) is 2. The van der Waals surface area contributed by atoms with E-state index in [9.17, 15) is 9.90 Å². The Bertz CT molecular complexity index is 1090. The summed E-state index contributed by atoms with van der Waals surface area (Å²) in [5, 5.41) is 23.4. The maximum absolute atomic E-state index is 11.4. The van der Waals surface area contributed by atoms with E-state index in [0.29, 0.717) is 11.4 Å². The molecule has 1 amide bonds. The number of amides is 1. The number of carbonyl (C=O) groups excluding carboxylic acids is 1. The molecular formula is C19H17N5O2S. The molecule has 1 unspecified atom stereocenters. The van der Waals surface area contributed by atoms with E-state index in [2.05, 4.69) is 25.7 Å². The third-order valence-electron chi connectivity index (χ3n) is 4.28. The van der Waals surface area contributed by atoms with Crippen LogP contribution in [0.15, 0.2) is 57.8 Å². The van der Waals surface area contributed by atoms with E-state index >= 15 is 0 Å². The molecular weight excluding hydrogens is 362 g/mol. The van der Waals surface area contributed by atoms with Gasteiger partial charge in [-0.05, 0) is 43.7 Å². The highest BCUT2D eigenvalue weighted by atomic mass is 32.2. The van der Waals surface area contributed by atoms with Gasteiger partial charge in [0.05, 0.1) is 22.2 Å². The summed E-state index contributed by atoms with van der Waals surface area (Å²) in [5.74, 6) is -0.0423. The van der Waals surface area contributed by atoms with Crippen molar-refractivity contribution in [2.24, 2.45) is 15.3 Å². The highest BCUT2D eigenvalue weighted by molar-refractivity contribution is 8.14. The standard InChI is InChI=1S/C19H17N5O2S/c1-10-3-6-13(7-4-10)21-23-17-14-9-12(5-8-15(14)20-18(17)25)16-11(2)27-19(26)24-22-16/h3-9,11,20,25H,1-2H3,(H,24,26). The molecule has 0 saturated carbocycles. The van der Waals surface area contributed by atoms with Gasteiger partial charge >= 0.3 is 0 Å². The molecule has 0 aliphatic carbocycles. The van der Waals surface area contributed by atoms with Crippen LogP contribution >= 0.6 is 11.8 Å². The third-order valence-corrected chi connectivity index (χ3v) is 5.17. The number of aryl methyl sites for hydroxylation is 1. The second kappa shape index (κ2) is 6.88. The SMILES string of the molecule is Cc1ccc(N=Nc2c(O)[nH]c3ccc(C4=NNC(=O)SC4C)cc23)cc1. The third kappa shape index (κ3) is 3.43. The molecule has 0 fully saturated rings. The zero-order valence-corrected chi connectivity index (χ0v) is 15.5. The molecule has 1 aromatic heterocycles. The van der Waals surface area contributed by atoms with Gasteiger partial charge in [-0.3, -0.25) is 4.79 Å². The van der Waals surface area contributed by atoms with Crippen molar-refractivity contribution >= 4 is 45.0 Å². The Kier molecular flexibility index (Phi) is 4.41. The number of hydrogen-bond acceptors (Lipinski definition) is 6. The number of hydrogen-bond donors (Lipinski definition) is 3. The van der Waals surface area contributed by atoms with Crippen LogP contribution in [0.2, 0.25) is 0 Å². The van der Waals surface area contributed by atoms with Gasteiger partial charge in [-0.1, -0.05) is 35.5 Å². The first-order valence-electron chi connectivity index (χ1n) is 8.39. The fraction of sp³-hybridized carbons (Fsp3) is 0.158. The van der Waals surface area contributed by atoms with Crippen molar-refractivity contribution in [2.45, 2.75) is 19.1 Å². The van der Waals surface area contributed by atoms with Crippen LogP contribution in [-0.4, -0.2) is 26.3 Å². The predicted octanol–water partition coefficient (Wildman–Crippen LogP) is 5.15. The van der Waals surface area contributed by atoms with Crippen LogP contribution in [0, 0.1) is 6.92 Å². The maximum atomic E-state index is 11.4. The van der Waals surface area contributed by atoms with Crippen LogP contribution in [0.25, 0.3) is 10.9 Å². The molecule has 4 rings (SSSR count). The highest BCUT2D eigenvalue weighted by Crippen LogP contribution is 2.37. The van der Waals surface area contributed by atoms with Gasteiger partial charge in [0.1, 0.15) is 0 Å². The number of H-pyrrole nitrogens is 1. The lowest BCUT2D eigenvalue weighted by Crippen LogP contribution is -2.29. The number of fused-ring (bicyclic) bond motifs is 1. The number of aromatic amines is 1. The van der Waals surface area contributed by atoms with Gasteiger partial charge in [-0.2, -0.15) is 10.2 Å². The van der Waals surface area contributed by atoms with Gasteiger partial charge in [0, 0.05) is 5.39 Å². The van der Waals surface area contributed by atoms with E-state index in [4.69, 9.17) is 0 Å². The van der Waals surface area contributed by atoms with Crippen LogP contribution in [0.5, 0.6) is 5.88 Å². The number of benzene rings is 2. The van der Waals surface area contributed by atoms with E-state index in [1.54, 1.807) is 0 Å². The Morgan fingerprint density at radius 2 is 1.93 bits per heavy atom. The summed E-state index contributed by atoms with van der Waals surface area (Å²) >= 11 is 1.19. The summed E-state index contributed by atoms with van der Waals surface area (Å²) in [5.41, 5.74) is 7.07. The van der Waals surface area contributed by atoms with Gasteiger partial charge in [0.2, 0.25) is 5.88 Å². The van der Waals surface area contributed by atoms with Crippen molar-refractivity contribution in [3.63, 3.8) is 0 Å². The Labute approximate surface area is 159 Å². The molecule has 3 aromatic rings. The molecule has 0 radical (unpaired) electrons. The average molecular weight is 379 g/mol. The molecule has 1 aliphatic heterocycles. The van der Waals surface area contributed by atoms with E-state index in [-0.39, 0.29) is 16.4 Å². The van der Waals surface area contributed by atoms with Gasteiger partial charge < -0.3 is 10.1 Å². The van der Waals surface area contributed by atoms with Crippen molar-refractivity contribution in [1.29, 1.82) is 0 Å². The predicted molar refractivity (Wildman–Crippen MR) is 107 cm³/mol. The quantitative estimate of drug-likeness (QED) is 0.549. The van der Waals surface area contributed by atoms with Crippen molar-refractivity contribution < 1.29 is 9.90 Å². The first-order valence-corrected chi connectivity index (χ1v) is 9.27. The number of aromatic nitrogens is 1. The smallest absolute Gasteiger partial charge is 0.299 e. The fourth-order valence-corrected chi connectivity index (χ4v) is 3.60. The van der Waals surface area contributed by atoms with Crippen LogP contribution in [0.1, 0.15) is 18.1 Å². The second-order valence-corrected chi connectivity index (χ2v) is 7.59. The largest absolute Gasteiger partial charge is 0.493 e. The highest BCUT2D eigenvalue weighted by Gasteiger charge is 2.23. The zero-order chi connectivity index (χ0) is 19.0. The lowest BCUT2D eigenvalue weighted by Gasteiger charge is -2.18. The molecule has 0 bridgehead atoms. The summed E-state index contributed by atoms with van der Waals surface area (Å²) in [7, 11) is 0. The normalized spacial score (nSPS) is 17.3. The number of rotatable bonds is 3. The molecule has 2 heterocycles. The molecule has 0 spiro atoms. The Morgan fingerprint density at radius 1 is 1.15 bits per heavy atom. The van der Waals surface area contributed by atoms with E-state index in [1.807, 2.05) is 56.3 Å². The molecule has 1 atom stereocenters. The zero-order valence-electron chi connectivity index (χ0n) is 14.7. The molecule has 27 heavy (non-hydrogen) atoms. The Balaban J connectivity index is 1.74. The second-order valence-electron chi connectivity index (χ2n) is 6.27. The Morgan fingerprint density at radius 3 is 2.67 bits per heavy atom. The molecule has 8 heteroatoms. The number of thioether (sulfide) groups is 1. The number of carbonyl (C=O) groups is 1. The van der Waals surface area contributed by atoms with E-state index in [1.165, 1.54) is 11.8 Å². The number of nitrogens with zero attached hydrogens (tertiary/aromatic N) is 3. The summed E-state index contributed by atoms with van der Waals surface area (Å²) in [4.78, 5) is 14.3. The van der Waals surface area contributed by atoms with Gasteiger partial charge in [-0.25, -0.2) is 5.43 Å². The molecule has 136 valence electrons. The van der Waals surface area contributed by atoms with Crippen molar-refractivity contribution in [1.82, 2.24) is 10.4 Å². The summed E-state index contributed by atoms with van der Waals surface area (Å²) in [6, 6.07) is 13.3. The summed E-state index contributed by atoms with van der Waals surface area (Å²) in [6.45, 7) is 3.93. The lowest BCUT2D eigenvalue weighted by atomic mass is 10.1. The van der Waals surface area contributed by atoms with Crippen LogP contribution in [-0.2, 0) is 0 Å². The monoisotopic (exact) mass is 379 g/mol.